The van der Waals surface area contributed by atoms with E-state index in [1.807, 2.05) is 6.07 Å². The van der Waals surface area contributed by atoms with E-state index in [9.17, 15) is 14.4 Å². The van der Waals surface area contributed by atoms with Gasteiger partial charge in [-0.2, -0.15) is 5.10 Å². The molecule has 28 heavy (non-hydrogen) atoms. The zero-order valence-corrected chi connectivity index (χ0v) is 14.8. The topological polar surface area (TPSA) is 128 Å². The van der Waals surface area contributed by atoms with Gasteiger partial charge < -0.3 is 5.32 Å². The molecule has 1 amide bonds. The lowest BCUT2D eigenvalue weighted by Crippen LogP contribution is -2.30. The molecule has 140 valence electrons. The highest BCUT2D eigenvalue weighted by Crippen LogP contribution is 2.11. The summed E-state index contributed by atoms with van der Waals surface area (Å²) in [5.41, 5.74) is -0.139. The van der Waals surface area contributed by atoms with Gasteiger partial charge >= 0.3 is 5.69 Å². The van der Waals surface area contributed by atoms with Crippen LogP contribution >= 0.6 is 0 Å². The second-order valence-corrected chi connectivity index (χ2v) is 6.01. The van der Waals surface area contributed by atoms with Crippen molar-refractivity contribution in [2.75, 3.05) is 0 Å². The van der Waals surface area contributed by atoms with E-state index in [1.165, 1.54) is 23.7 Å². The maximum Gasteiger partial charge on any atom is 0.329 e. The molecule has 2 N–H and O–H groups in total. The molecule has 4 rings (SSSR count). The van der Waals surface area contributed by atoms with Crippen LogP contribution in [0.1, 0.15) is 16.1 Å². The highest BCUT2D eigenvalue weighted by Gasteiger charge is 2.13. The fourth-order valence-electron chi connectivity index (χ4n) is 2.79. The summed E-state index contributed by atoms with van der Waals surface area (Å²) in [6, 6.07) is 8.29. The van der Waals surface area contributed by atoms with Gasteiger partial charge in [-0.3, -0.25) is 19.1 Å². The molecule has 0 fully saturated rings. The van der Waals surface area contributed by atoms with Crippen LogP contribution in [-0.4, -0.2) is 35.2 Å². The molecule has 0 atom stereocenters. The molecule has 4 aromatic rings. The maximum atomic E-state index is 12.6. The van der Waals surface area contributed by atoms with E-state index < -0.39 is 17.2 Å². The van der Waals surface area contributed by atoms with Gasteiger partial charge in [0.2, 0.25) is 0 Å². The van der Waals surface area contributed by atoms with Crippen molar-refractivity contribution in [3.8, 4) is 5.82 Å². The van der Waals surface area contributed by atoms with E-state index in [0.717, 1.165) is 5.56 Å². The van der Waals surface area contributed by atoms with Gasteiger partial charge in [0.15, 0.2) is 5.82 Å². The van der Waals surface area contributed by atoms with E-state index in [-0.39, 0.29) is 23.3 Å². The molecule has 4 heterocycles. The first-order chi connectivity index (χ1) is 13.5. The highest BCUT2D eigenvalue weighted by molar-refractivity contribution is 5.94. The van der Waals surface area contributed by atoms with Gasteiger partial charge in [-0.25, -0.2) is 19.4 Å². The number of rotatable bonds is 4. The summed E-state index contributed by atoms with van der Waals surface area (Å²) in [5, 5.41) is 7.16. The standard InChI is InChI=1S/C18H15N7O3/c1-24-15-12(16(26)23-18(24)28)5-6-13(22-15)17(27)20-10-11-4-2-7-19-14(11)25-9-3-8-21-25/h2-9H,10H2,1H3,(H,20,27)(H,23,26,28). The first-order valence-electron chi connectivity index (χ1n) is 8.37. The van der Waals surface area contributed by atoms with Crippen molar-refractivity contribution >= 4 is 16.9 Å². The van der Waals surface area contributed by atoms with Gasteiger partial charge in [-0.1, -0.05) is 6.07 Å². The Hall–Kier alpha value is -4.08. The van der Waals surface area contributed by atoms with Gasteiger partial charge in [0, 0.05) is 37.7 Å². The predicted octanol–water partition coefficient (Wildman–Crippen LogP) is 0.132. The Bertz CT molecular complexity index is 1290. The second-order valence-electron chi connectivity index (χ2n) is 6.01. The fourth-order valence-corrected chi connectivity index (χ4v) is 2.79. The minimum absolute atomic E-state index is 0.0950. The largest absolute Gasteiger partial charge is 0.346 e. The van der Waals surface area contributed by atoms with E-state index in [0.29, 0.717) is 5.82 Å². The Morgan fingerprint density at radius 3 is 2.82 bits per heavy atom. The minimum Gasteiger partial charge on any atom is -0.346 e. The Balaban J connectivity index is 1.61. The first-order valence-corrected chi connectivity index (χ1v) is 8.37. The smallest absolute Gasteiger partial charge is 0.329 e. The fraction of sp³-hybridized carbons (Fsp3) is 0.111. The van der Waals surface area contributed by atoms with Gasteiger partial charge in [-0.05, 0) is 24.3 Å². The summed E-state index contributed by atoms with van der Waals surface area (Å²) in [7, 11) is 1.47. The molecule has 0 saturated heterocycles. The number of amides is 1. The molecule has 0 aliphatic rings. The number of aryl methyl sites for hydroxylation is 1. The number of carbonyl (C=O) groups is 1. The molecular formula is C18H15N7O3. The number of nitrogens with zero attached hydrogens (tertiary/aromatic N) is 5. The van der Waals surface area contributed by atoms with Crippen molar-refractivity contribution in [2.24, 2.45) is 7.05 Å². The van der Waals surface area contributed by atoms with Crippen molar-refractivity contribution in [2.45, 2.75) is 6.54 Å². The normalized spacial score (nSPS) is 10.9. The predicted molar refractivity (Wildman–Crippen MR) is 100 cm³/mol. The molecule has 0 saturated carbocycles. The molecule has 4 aromatic heterocycles. The molecule has 0 aliphatic carbocycles. The van der Waals surface area contributed by atoms with Crippen LogP contribution in [0.5, 0.6) is 0 Å². The van der Waals surface area contributed by atoms with Crippen molar-refractivity contribution in [3.63, 3.8) is 0 Å². The minimum atomic E-state index is -0.596. The molecule has 10 heteroatoms. The van der Waals surface area contributed by atoms with Crippen LogP contribution in [0.15, 0.2) is 58.5 Å². The molecule has 0 unspecified atom stereocenters. The SMILES string of the molecule is Cn1c(=O)[nH]c(=O)c2ccc(C(=O)NCc3cccnc3-n3cccn3)nc21. The Morgan fingerprint density at radius 2 is 2.04 bits per heavy atom. The quantitative estimate of drug-likeness (QED) is 0.520. The number of pyridine rings is 2. The van der Waals surface area contributed by atoms with Crippen LogP contribution in [0.25, 0.3) is 16.9 Å². The zero-order valence-electron chi connectivity index (χ0n) is 14.8. The number of hydrogen-bond donors (Lipinski definition) is 2. The number of H-pyrrole nitrogens is 1. The molecule has 0 spiro atoms. The van der Waals surface area contributed by atoms with Crippen LogP contribution < -0.4 is 16.6 Å². The average Bonchev–Trinajstić information content (AvgIpc) is 3.25. The van der Waals surface area contributed by atoms with Crippen molar-refractivity contribution in [1.82, 2.24) is 34.6 Å². The number of aromatic nitrogens is 6. The zero-order chi connectivity index (χ0) is 19.7. The van der Waals surface area contributed by atoms with E-state index in [2.05, 4.69) is 25.4 Å². The van der Waals surface area contributed by atoms with Gasteiger partial charge in [0.25, 0.3) is 11.5 Å². The van der Waals surface area contributed by atoms with Crippen molar-refractivity contribution in [3.05, 3.63) is 81.0 Å². The number of hydrogen-bond acceptors (Lipinski definition) is 6. The molecule has 0 radical (unpaired) electrons. The monoisotopic (exact) mass is 377 g/mol. The summed E-state index contributed by atoms with van der Waals surface area (Å²) >= 11 is 0. The summed E-state index contributed by atoms with van der Waals surface area (Å²) < 4.78 is 2.79. The van der Waals surface area contributed by atoms with Gasteiger partial charge in [0.05, 0.1) is 5.39 Å². The van der Waals surface area contributed by atoms with Crippen LogP contribution in [0.4, 0.5) is 0 Å². The maximum absolute atomic E-state index is 12.6. The number of aromatic amines is 1. The van der Waals surface area contributed by atoms with Crippen LogP contribution in [0.2, 0.25) is 0 Å². The average molecular weight is 377 g/mol. The van der Waals surface area contributed by atoms with E-state index in [1.54, 1.807) is 35.4 Å². The lowest BCUT2D eigenvalue weighted by molar-refractivity contribution is 0.0946. The highest BCUT2D eigenvalue weighted by atomic mass is 16.2. The molecule has 0 bridgehead atoms. The Kier molecular flexibility index (Phi) is 4.28. The van der Waals surface area contributed by atoms with Gasteiger partial charge in [-0.15, -0.1) is 0 Å². The molecule has 0 aliphatic heterocycles. The summed E-state index contributed by atoms with van der Waals surface area (Å²) in [4.78, 5) is 46.8. The molecular weight excluding hydrogens is 362 g/mol. The summed E-state index contributed by atoms with van der Waals surface area (Å²) in [5.74, 6) is 0.165. The lowest BCUT2D eigenvalue weighted by atomic mass is 10.2. The van der Waals surface area contributed by atoms with Gasteiger partial charge in [0.1, 0.15) is 11.3 Å². The Morgan fingerprint density at radius 1 is 1.18 bits per heavy atom. The van der Waals surface area contributed by atoms with E-state index >= 15 is 0 Å². The van der Waals surface area contributed by atoms with Crippen LogP contribution in [0, 0.1) is 0 Å². The van der Waals surface area contributed by atoms with Crippen LogP contribution in [0.3, 0.4) is 0 Å². The van der Waals surface area contributed by atoms with Crippen molar-refractivity contribution in [1.29, 1.82) is 0 Å². The van der Waals surface area contributed by atoms with Crippen molar-refractivity contribution < 1.29 is 4.79 Å². The molecule has 10 nitrogen and oxygen atoms in total. The van der Waals surface area contributed by atoms with E-state index in [4.69, 9.17) is 0 Å². The number of nitrogens with one attached hydrogen (secondary N) is 2. The van der Waals surface area contributed by atoms with Crippen LogP contribution in [-0.2, 0) is 13.6 Å². The summed E-state index contributed by atoms with van der Waals surface area (Å²) in [6.07, 6.45) is 5.05. The third-order valence-corrected chi connectivity index (χ3v) is 4.22. The first kappa shape index (κ1) is 17.3. The number of carbonyl (C=O) groups excluding carboxylic acids is 1. The number of fused-ring (bicyclic) bond motifs is 1. The molecule has 0 aromatic carbocycles. The second kappa shape index (κ2) is 6.91. The lowest BCUT2D eigenvalue weighted by Gasteiger charge is -2.10. The summed E-state index contributed by atoms with van der Waals surface area (Å²) in [6.45, 7) is 0.204. The third-order valence-electron chi connectivity index (χ3n) is 4.22. The Labute approximate surface area is 157 Å². The third kappa shape index (κ3) is 3.07.